The minimum atomic E-state index is 0.128. The lowest BCUT2D eigenvalue weighted by Gasteiger charge is -2.23. The van der Waals surface area contributed by atoms with Gasteiger partial charge in [0.2, 0.25) is 11.1 Å². The number of fused-ring (bicyclic) bond motifs is 1. The molecule has 0 radical (unpaired) electrons. The molecule has 0 bridgehead atoms. The minimum Gasteiger partial charge on any atom is -0.341 e. The first-order chi connectivity index (χ1) is 15.5. The standard InChI is InChI=1S/C23H27N7OS/c1-16-20(17(2)30-22(25-16)26-23(27-30)32-3)13-21(31)29-10-4-9-28(11-12-29)15-19-7-5-18(14-24)6-8-19/h5-8H,4,9-13,15H2,1-3H3. The molecule has 0 aliphatic carbocycles. The lowest BCUT2D eigenvalue weighted by atomic mass is 10.1. The molecular weight excluding hydrogens is 422 g/mol. The number of hydrogen-bond donors (Lipinski definition) is 0. The van der Waals surface area contributed by atoms with E-state index in [4.69, 9.17) is 5.26 Å². The largest absolute Gasteiger partial charge is 0.341 e. The van der Waals surface area contributed by atoms with Crippen LogP contribution in [0.25, 0.3) is 5.78 Å². The SMILES string of the molecule is CSc1nc2nc(C)c(CC(=O)N3CCCN(Cc4ccc(C#N)cc4)CC3)c(C)n2n1. The predicted molar refractivity (Wildman–Crippen MR) is 123 cm³/mol. The van der Waals surface area contributed by atoms with Crippen molar-refractivity contribution in [2.45, 2.75) is 38.4 Å². The first-order valence-corrected chi connectivity index (χ1v) is 12.0. The fraction of sp³-hybridized carbons (Fsp3) is 0.435. The molecule has 9 heteroatoms. The van der Waals surface area contributed by atoms with Gasteiger partial charge in [-0.2, -0.15) is 10.2 Å². The minimum absolute atomic E-state index is 0.128. The van der Waals surface area contributed by atoms with Gasteiger partial charge in [0.1, 0.15) is 0 Å². The second-order valence-electron chi connectivity index (χ2n) is 8.07. The number of nitrogens with zero attached hydrogens (tertiary/aromatic N) is 7. The molecule has 0 saturated carbocycles. The third-order valence-corrected chi connectivity index (χ3v) is 6.51. The summed E-state index contributed by atoms with van der Waals surface area (Å²) >= 11 is 1.48. The van der Waals surface area contributed by atoms with Crippen LogP contribution in [0, 0.1) is 25.2 Å². The van der Waals surface area contributed by atoms with Crippen molar-refractivity contribution in [1.29, 1.82) is 5.26 Å². The molecule has 0 unspecified atom stereocenters. The number of rotatable bonds is 5. The van der Waals surface area contributed by atoms with Crippen molar-refractivity contribution in [3.8, 4) is 6.07 Å². The Bertz CT molecular complexity index is 1170. The maximum absolute atomic E-state index is 13.2. The lowest BCUT2D eigenvalue weighted by Crippen LogP contribution is -2.36. The molecule has 1 aliphatic heterocycles. The van der Waals surface area contributed by atoms with Crippen molar-refractivity contribution >= 4 is 23.4 Å². The van der Waals surface area contributed by atoms with E-state index in [-0.39, 0.29) is 5.91 Å². The zero-order chi connectivity index (χ0) is 22.7. The van der Waals surface area contributed by atoms with Crippen LogP contribution in [0.3, 0.4) is 0 Å². The Kier molecular flexibility index (Phi) is 6.72. The van der Waals surface area contributed by atoms with Crippen molar-refractivity contribution in [1.82, 2.24) is 29.4 Å². The predicted octanol–water partition coefficient (Wildman–Crippen LogP) is 2.61. The van der Waals surface area contributed by atoms with Gasteiger partial charge in [-0.1, -0.05) is 23.9 Å². The van der Waals surface area contributed by atoms with E-state index in [2.05, 4.69) is 26.0 Å². The monoisotopic (exact) mass is 449 g/mol. The molecule has 1 aliphatic rings. The molecule has 1 fully saturated rings. The van der Waals surface area contributed by atoms with Crippen molar-refractivity contribution in [3.05, 3.63) is 52.3 Å². The number of carbonyl (C=O) groups is 1. The van der Waals surface area contributed by atoms with Crippen LogP contribution >= 0.6 is 11.8 Å². The molecule has 0 N–H and O–H groups in total. The summed E-state index contributed by atoms with van der Waals surface area (Å²) in [5.41, 5.74) is 4.55. The lowest BCUT2D eigenvalue weighted by molar-refractivity contribution is -0.130. The molecule has 0 atom stereocenters. The van der Waals surface area contributed by atoms with Crippen LogP contribution < -0.4 is 0 Å². The Morgan fingerprint density at radius 3 is 2.62 bits per heavy atom. The molecule has 8 nitrogen and oxygen atoms in total. The molecule has 166 valence electrons. The van der Waals surface area contributed by atoms with Gasteiger partial charge in [-0.3, -0.25) is 9.69 Å². The van der Waals surface area contributed by atoms with E-state index >= 15 is 0 Å². The van der Waals surface area contributed by atoms with Gasteiger partial charge in [0, 0.05) is 49.7 Å². The number of aryl methyl sites for hydroxylation is 2. The average molecular weight is 450 g/mol. The highest BCUT2D eigenvalue weighted by Crippen LogP contribution is 2.18. The van der Waals surface area contributed by atoms with E-state index in [0.29, 0.717) is 29.5 Å². The number of carbonyl (C=O) groups excluding carboxylic acids is 1. The Labute approximate surface area is 192 Å². The van der Waals surface area contributed by atoms with E-state index < -0.39 is 0 Å². The van der Waals surface area contributed by atoms with E-state index in [1.165, 1.54) is 17.3 Å². The first kappa shape index (κ1) is 22.2. The summed E-state index contributed by atoms with van der Waals surface area (Å²) in [6, 6.07) is 9.88. The van der Waals surface area contributed by atoms with Crippen LogP contribution in [0.2, 0.25) is 0 Å². The van der Waals surface area contributed by atoms with E-state index in [1.54, 1.807) is 4.52 Å². The van der Waals surface area contributed by atoms with Gasteiger partial charge >= 0.3 is 0 Å². The molecule has 3 aromatic rings. The number of hydrogen-bond acceptors (Lipinski definition) is 7. The second kappa shape index (κ2) is 9.67. The zero-order valence-electron chi connectivity index (χ0n) is 18.7. The summed E-state index contributed by atoms with van der Waals surface area (Å²) in [6.45, 7) is 8.00. The molecule has 32 heavy (non-hydrogen) atoms. The second-order valence-corrected chi connectivity index (χ2v) is 8.84. The number of nitriles is 1. The van der Waals surface area contributed by atoms with E-state index in [1.807, 2.05) is 49.3 Å². The van der Waals surface area contributed by atoms with Crippen molar-refractivity contribution in [3.63, 3.8) is 0 Å². The average Bonchev–Trinajstić information content (AvgIpc) is 3.07. The maximum atomic E-state index is 13.2. The fourth-order valence-corrected chi connectivity index (χ4v) is 4.45. The number of thioether (sulfide) groups is 1. The summed E-state index contributed by atoms with van der Waals surface area (Å²) in [5.74, 6) is 0.705. The maximum Gasteiger partial charge on any atom is 0.253 e. The zero-order valence-corrected chi connectivity index (χ0v) is 19.5. The summed E-state index contributed by atoms with van der Waals surface area (Å²) in [5, 5.41) is 14.1. The highest BCUT2D eigenvalue weighted by atomic mass is 32.2. The number of aromatic nitrogens is 4. The highest BCUT2D eigenvalue weighted by Gasteiger charge is 2.22. The molecule has 1 amide bonds. The van der Waals surface area contributed by atoms with Crippen LogP contribution in [0.15, 0.2) is 29.4 Å². The summed E-state index contributed by atoms with van der Waals surface area (Å²) in [4.78, 5) is 26.5. The van der Waals surface area contributed by atoms with E-state index in [9.17, 15) is 4.79 Å². The summed E-state index contributed by atoms with van der Waals surface area (Å²) in [7, 11) is 0. The molecule has 2 aromatic heterocycles. The smallest absolute Gasteiger partial charge is 0.253 e. The number of amides is 1. The Hall–Kier alpha value is -2.96. The van der Waals surface area contributed by atoms with Crippen LogP contribution in [0.4, 0.5) is 0 Å². The van der Waals surface area contributed by atoms with Gasteiger partial charge in [0.25, 0.3) is 5.78 Å². The van der Waals surface area contributed by atoms with Crippen LogP contribution in [0.5, 0.6) is 0 Å². The Balaban J connectivity index is 1.41. The van der Waals surface area contributed by atoms with Crippen molar-refractivity contribution in [2.75, 3.05) is 32.4 Å². The first-order valence-electron chi connectivity index (χ1n) is 10.7. The molecule has 3 heterocycles. The Morgan fingerprint density at radius 1 is 1.12 bits per heavy atom. The van der Waals surface area contributed by atoms with E-state index in [0.717, 1.165) is 49.6 Å². The van der Waals surface area contributed by atoms with Crippen LogP contribution in [-0.4, -0.2) is 67.7 Å². The summed E-state index contributed by atoms with van der Waals surface area (Å²) in [6.07, 6.45) is 3.20. The van der Waals surface area contributed by atoms with Gasteiger partial charge in [-0.25, -0.2) is 9.50 Å². The van der Waals surface area contributed by atoms with Gasteiger partial charge in [0.15, 0.2) is 0 Å². The van der Waals surface area contributed by atoms with Crippen molar-refractivity contribution in [2.24, 2.45) is 0 Å². The van der Waals surface area contributed by atoms with Crippen LogP contribution in [0.1, 0.15) is 34.5 Å². The third-order valence-electron chi connectivity index (χ3n) is 5.97. The summed E-state index contributed by atoms with van der Waals surface area (Å²) < 4.78 is 1.74. The van der Waals surface area contributed by atoms with Gasteiger partial charge in [-0.15, -0.1) is 5.10 Å². The quantitative estimate of drug-likeness (QED) is 0.553. The van der Waals surface area contributed by atoms with Gasteiger partial charge in [-0.05, 0) is 44.2 Å². The third kappa shape index (κ3) is 4.76. The molecule has 1 aromatic carbocycles. The van der Waals surface area contributed by atoms with Crippen LogP contribution in [-0.2, 0) is 17.8 Å². The van der Waals surface area contributed by atoms with Gasteiger partial charge < -0.3 is 4.90 Å². The Morgan fingerprint density at radius 2 is 1.91 bits per heavy atom. The normalized spacial score (nSPS) is 15.0. The highest BCUT2D eigenvalue weighted by molar-refractivity contribution is 7.98. The molecule has 4 rings (SSSR count). The molecular formula is C23H27N7OS. The molecule has 1 saturated heterocycles. The van der Waals surface area contributed by atoms with Crippen molar-refractivity contribution < 1.29 is 4.79 Å². The molecule has 0 spiro atoms. The van der Waals surface area contributed by atoms with Gasteiger partial charge in [0.05, 0.1) is 18.1 Å². The number of benzene rings is 1. The fourth-order valence-electron chi connectivity index (χ4n) is 4.12. The topological polar surface area (TPSA) is 90.4 Å².